The Balaban J connectivity index is 2.57. The largest absolute Gasteiger partial charge is 0.405 e. The molecule has 0 saturated heterocycles. The van der Waals surface area contributed by atoms with Crippen LogP contribution in [0.25, 0.3) is 11.3 Å². The Bertz CT molecular complexity index is 585. The molecular formula is C13H11ClN2O2. The van der Waals surface area contributed by atoms with Crippen LogP contribution < -0.4 is 4.74 Å². The van der Waals surface area contributed by atoms with Crippen LogP contribution in [-0.4, -0.2) is 15.9 Å². The lowest BCUT2D eigenvalue weighted by Crippen LogP contribution is -2.06. The molecule has 4 nitrogen and oxygen atoms in total. The van der Waals surface area contributed by atoms with Gasteiger partial charge in [-0.15, -0.1) is 0 Å². The number of carbonyl (C=O) groups excluding carboxylic acids is 1. The Hall–Kier alpha value is -1.94. The Labute approximate surface area is 110 Å². The van der Waals surface area contributed by atoms with Gasteiger partial charge in [0, 0.05) is 12.5 Å². The van der Waals surface area contributed by atoms with E-state index in [0.29, 0.717) is 11.4 Å². The Kier molecular flexibility index (Phi) is 3.58. The molecule has 0 aliphatic carbocycles. The number of hydrogen-bond acceptors (Lipinski definition) is 4. The third-order valence-corrected chi connectivity index (χ3v) is 2.63. The summed E-state index contributed by atoms with van der Waals surface area (Å²) >= 11 is 5.89. The van der Waals surface area contributed by atoms with Crippen LogP contribution in [0.15, 0.2) is 30.3 Å². The number of carbonyl (C=O) groups is 1. The average Bonchev–Trinajstić information content (AvgIpc) is 2.34. The molecule has 0 aliphatic heterocycles. The zero-order valence-electron chi connectivity index (χ0n) is 9.98. The van der Waals surface area contributed by atoms with Crippen LogP contribution in [0.3, 0.4) is 0 Å². The van der Waals surface area contributed by atoms with E-state index in [0.717, 1.165) is 5.56 Å². The summed E-state index contributed by atoms with van der Waals surface area (Å²) < 4.78 is 5.04. The molecule has 92 valence electrons. The van der Waals surface area contributed by atoms with Gasteiger partial charge in [0.1, 0.15) is 5.69 Å². The van der Waals surface area contributed by atoms with Crippen molar-refractivity contribution in [3.8, 4) is 17.1 Å². The maximum absolute atomic E-state index is 11.1. The summed E-state index contributed by atoms with van der Waals surface area (Å²) in [4.78, 5) is 19.4. The molecule has 5 heteroatoms. The summed E-state index contributed by atoms with van der Waals surface area (Å²) in [6.45, 7) is 3.06. The lowest BCUT2D eigenvalue weighted by Gasteiger charge is -2.09. The number of aromatic nitrogens is 2. The first-order valence-corrected chi connectivity index (χ1v) is 5.73. The number of hydrogen-bond donors (Lipinski definition) is 0. The van der Waals surface area contributed by atoms with E-state index in [1.54, 1.807) is 6.92 Å². The molecule has 1 heterocycles. The van der Waals surface area contributed by atoms with Crippen molar-refractivity contribution in [2.24, 2.45) is 0 Å². The first-order valence-electron chi connectivity index (χ1n) is 5.36. The van der Waals surface area contributed by atoms with Gasteiger partial charge in [0.2, 0.25) is 0 Å². The van der Waals surface area contributed by atoms with E-state index >= 15 is 0 Å². The van der Waals surface area contributed by atoms with Gasteiger partial charge < -0.3 is 4.74 Å². The van der Waals surface area contributed by atoms with Gasteiger partial charge in [0.05, 0.1) is 5.69 Å². The maximum Gasteiger partial charge on any atom is 0.309 e. The third kappa shape index (κ3) is 2.65. The van der Waals surface area contributed by atoms with Crippen LogP contribution in [0.5, 0.6) is 5.88 Å². The molecule has 0 radical (unpaired) electrons. The predicted molar refractivity (Wildman–Crippen MR) is 68.5 cm³/mol. The Morgan fingerprint density at radius 1 is 1.22 bits per heavy atom. The van der Waals surface area contributed by atoms with Gasteiger partial charge in [0.25, 0.3) is 5.88 Å². The second kappa shape index (κ2) is 5.14. The van der Waals surface area contributed by atoms with Crippen molar-refractivity contribution in [2.45, 2.75) is 13.8 Å². The van der Waals surface area contributed by atoms with Crippen LogP contribution in [0, 0.1) is 6.92 Å². The lowest BCUT2D eigenvalue weighted by molar-refractivity contribution is -0.132. The highest BCUT2D eigenvalue weighted by Crippen LogP contribution is 2.28. The SMILES string of the molecule is CC(=O)Oc1nc(Cl)c(C)nc1-c1ccccc1. The molecule has 1 aromatic carbocycles. The van der Waals surface area contributed by atoms with Crippen LogP contribution >= 0.6 is 11.6 Å². The third-order valence-electron chi connectivity index (χ3n) is 2.27. The number of nitrogens with zero attached hydrogens (tertiary/aromatic N) is 2. The van der Waals surface area contributed by atoms with Crippen molar-refractivity contribution >= 4 is 17.6 Å². The van der Waals surface area contributed by atoms with Gasteiger partial charge in [0.15, 0.2) is 5.15 Å². The first kappa shape index (κ1) is 12.5. The van der Waals surface area contributed by atoms with Gasteiger partial charge in [-0.2, -0.15) is 4.98 Å². The molecule has 0 saturated carbocycles. The van der Waals surface area contributed by atoms with Crippen molar-refractivity contribution in [3.63, 3.8) is 0 Å². The van der Waals surface area contributed by atoms with Crippen LogP contribution in [0.1, 0.15) is 12.6 Å². The molecule has 0 amide bonds. The Morgan fingerprint density at radius 3 is 2.50 bits per heavy atom. The molecule has 0 N–H and O–H groups in total. The Morgan fingerprint density at radius 2 is 1.89 bits per heavy atom. The average molecular weight is 263 g/mol. The molecule has 18 heavy (non-hydrogen) atoms. The fraction of sp³-hybridized carbons (Fsp3) is 0.154. The number of rotatable bonds is 2. The zero-order chi connectivity index (χ0) is 13.1. The topological polar surface area (TPSA) is 52.1 Å². The second-order valence-electron chi connectivity index (χ2n) is 3.71. The number of esters is 1. The van der Waals surface area contributed by atoms with Gasteiger partial charge in [-0.3, -0.25) is 4.79 Å². The number of aryl methyl sites for hydroxylation is 1. The van der Waals surface area contributed by atoms with Gasteiger partial charge in [-0.1, -0.05) is 41.9 Å². The lowest BCUT2D eigenvalue weighted by atomic mass is 10.1. The summed E-state index contributed by atoms with van der Waals surface area (Å²) in [5, 5.41) is 0.228. The minimum Gasteiger partial charge on any atom is -0.405 e. The molecule has 0 unspecified atom stereocenters. The van der Waals surface area contributed by atoms with Crippen molar-refractivity contribution in [3.05, 3.63) is 41.2 Å². The normalized spacial score (nSPS) is 10.2. The molecule has 2 rings (SSSR count). The predicted octanol–water partition coefficient (Wildman–Crippen LogP) is 3.03. The van der Waals surface area contributed by atoms with E-state index in [2.05, 4.69) is 9.97 Å². The zero-order valence-corrected chi connectivity index (χ0v) is 10.7. The molecule has 1 aromatic heterocycles. The van der Waals surface area contributed by atoms with Crippen molar-refractivity contribution in [1.82, 2.24) is 9.97 Å². The molecule has 0 spiro atoms. The molecule has 2 aromatic rings. The van der Waals surface area contributed by atoms with E-state index in [1.165, 1.54) is 6.92 Å². The summed E-state index contributed by atoms with van der Waals surface area (Å²) in [7, 11) is 0. The van der Waals surface area contributed by atoms with E-state index in [4.69, 9.17) is 16.3 Å². The molecule has 0 aliphatic rings. The van der Waals surface area contributed by atoms with E-state index in [9.17, 15) is 4.79 Å². The van der Waals surface area contributed by atoms with Crippen LogP contribution in [-0.2, 0) is 4.79 Å². The number of benzene rings is 1. The summed E-state index contributed by atoms with van der Waals surface area (Å²) in [5.41, 5.74) is 1.92. The van der Waals surface area contributed by atoms with Crippen molar-refractivity contribution < 1.29 is 9.53 Å². The summed E-state index contributed by atoms with van der Waals surface area (Å²) in [6, 6.07) is 9.37. The van der Waals surface area contributed by atoms with Gasteiger partial charge in [-0.05, 0) is 6.92 Å². The maximum atomic E-state index is 11.1. The fourth-order valence-electron chi connectivity index (χ4n) is 1.48. The first-order chi connectivity index (χ1) is 8.58. The number of halogens is 1. The fourth-order valence-corrected chi connectivity index (χ4v) is 1.60. The second-order valence-corrected chi connectivity index (χ2v) is 4.07. The van der Waals surface area contributed by atoms with Gasteiger partial charge in [-0.25, -0.2) is 4.98 Å². The van der Waals surface area contributed by atoms with E-state index < -0.39 is 5.97 Å². The summed E-state index contributed by atoms with van der Waals surface area (Å²) in [6.07, 6.45) is 0. The minimum absolute atomic E-state index is 0.129. The highest BCUT2D eigenvalue weighted by Gasteiger charge is 2.14. The highest BCUT2D eigenvalue weighted by atomic mass is 35.5. The summed E-state index contributed by atoms with van der Waals surface area (Å²) in [5.74, 6) is -0.328. The highest BCUT2D eigenvalue weighted by molar-refractivity contribution is 6.30. The van der Waals surface area contributed by atoms with Crippen molar-refractivity contribution in [2.75, 3.05) is 0 Å². The monoisotopic (exact) mass is 262 g/mol. The van der Waals surface area contributed by atoms with E-state index in [-0.39, 0.29) is 11.0 Å². The molecule has 0 fully saturated rings. The van der Waals surface area contributed by atoms with E-state index in [1.807, 2.05) is 30.3 Å². The molecule has 0 atom stereocenters. The van der Waals surface area contributed by atoms with Crippen LogP contribution in [0.2, 0.25) is 5.15 Å². The quantitative estimate of drug-likeness (QED) is 0.781. The minimum atomic E-state index is -0.457. The van der Waals surface area contributed by atoms with Crippen LogP contribution in [0.4, 0.5) is 0 Å². The molecule has 0 bridgehead atoms. The number of ether oxygens (including phenoxy) is 1. The molecular weight excluding hydrogens is 252 g/mol. The smallest absolute Gasteiger partial charge is 0.309 e. The van der Waals surface area contributed by atoms with Crippen molar-refractivity contribution in [1.29, 1.82) is 0 Å². The van der Waals surface area contributed by atoms with Gasteiger partial charge >= 0.3 is 5.97 Å². The standard InChI is InChI=1S/C13H11ClN2O2/c1-8-12(14)16-13(18-9(2)17)11(15-8)10-6-4-3-5-7-10/h3-7H,1-2H3.